The number of carbonyl (C=O) groups excluding carboxylic acids is 2. The van der Waals surface area contributed by atoms with Gasteiger partial charge in [0.05, 0.1) is 0 Å². The van der Waals surface area contributed by atoms with Crippen molar-refractivity contribution in [3.63, 3.8) is 0 Å². The van der Waals surface area contributed by atoms with E-state index in [0.717, 1.165) is 65.8 Å². The minimum absolute atomic E-state index is 0.0370. The van der Waals surface area contributed by atoms with Crippen molar-refractivity contribution < 1.29 is 9.59 Å². The highest BCUT2D eigenvalue weighted by Gasteiger charge is 2.37. The average molecular weight is 562 g/mol. The van der Waals surface area contributed by atoms with E-state index < -0.39 is 0 Å². The zero-order chi connectivity index (χ0) is 29.6. The summed E-state index contributed by atoms with van der Waals surface area (Å²) in [5.74, 6) is 0.655. The molecular formula is C37H43N3O2. The van der Waals surface area contributed by atoms with Gasteiger partial charge in [-0.2, -0.15) is 0 Å². The Morgan fingerprint density at radius 3 is 2.69 bits per heavy atom. The number of hydrogen-bond donors (Lipinski definition) is 0. The van der Waals surface area contributed by atoms with Gasteiger partial charge in [-0.1, -0.05) is 42.0 Å². The van der Waals surface area contributed by atoms with Crippen molar-refractivity contribution in [2.24, 2.45) is 10.9 Å². The molecule has 1 saturated heterocycles. The number of ketones is 1. The first-order valence-electron chi connectivity index (χ1n) is 15.3. The van der Waals surface area contributed by atoms with Crippen LogP contribution < -0.4 is 9.80 Å². The number of allylic oxidation sites excluding steroid dienone is 5. The van der Waals surface area contributed by atoms with E-state index in [2.05, 4.69) is 72.1 Å². The Balaban J connectivity index is 1.60. The third-order valence-corrected chi connectivity index (χ3v) is 8.68. The Hall–Kier alpha value is -3.99. The first kappa shape index (κ1) is 29.5. The molecule has 5 heteroatoms. The van der Waals surface area contributed by atoms with Gasteiger partial charge in [0, 0.05) is 50.2 Å². The molecule has 218 valence electrons. The molecule has 1 aliphatic heterocycles. The second-order valence-electron chi connectivity index (χ2n) is 12.1. The van der Waals surface area contributed by atoms with Crippen LogP contribution >= 0.6 is 0 Å². The van der Waals surface area contributed by atoms with E-state index in [-0.39, 0.29) is 17.6 Å². The van der Waals surface area contributed by atoms with Gasteiger partial charge in [0.1, 0.15) is 0 Å². The highest BCUT2D eigenvalue weighted by molar-refractivity contribution is 6.16. The molecule has 5 nitrogen and oxygen atoms in total. The van der Waals surface area contributed by atoms with Gasteiger partial charge in [0.25, 0.3) is 5.91 Å². The van der Waals surface area contributed by atoms with Crippen molar-refractivity contribution in [2.45, 2.75) is 64.2 Å². The van der Waals surface area contributed by atoms with Gasteiger partial charge in [0.15, 0.2) is 5.78 Å². The lowest BCUT2D eigenvalue weighted by Crippen LogP contribution is -2.33. The quantitative estimate of drug-likeness (QED) is 0.218. The van der Waals surface area contributed by atoms with Gasteiger partial charge in [-0.3, -0.25) is 14.6 Å². The van der Waals surface area contributed by atoms with E-state index in [4.69, 9.17) is 0 Å². The molecule has 1 amide bonds. The Morgan fingerprint density at radius 2 is 1.93 bits per heavy atom. The van der Waals surface area contributed by atoms with Crippen LogP contribution in [0.15, 0.2) is 94.7 Å². The van der Waals surface area contributed by atoms with Crippen LogP contribution in [0.25, 0.3) is 5.57 Å². The van der Waals surface area contributed by atoms with Crippen LogP contribution in [0, 0.1) is 5.92 Å². The van der Waals surface area contributed by atoms with Gasteiger partial charge in [-0.05, 0) is 123 Å². The van der Waals surface area contributed by atoms with Gasteiger partial charge < -0.3 is 9.80 Å². The van der Waals surface area contributed by atoms with E-state index in [1.165, 1.54) is 24.0 Å². The summed E-state index contributed by atoms with van der Waals surface area (Å²) in [6.45, 7) is 6.27. The summed E-state index contributed by atoms with van der Waals surface area (Å²) in [5.41, 5.74) is 8.38. The Bertz CT molecular complexity index is 1470. The number of rotatable bonds is 10. The highest BCUT2D eigenvalue weighted by atomic mass is 16.2. The number of aliphatic imine (C=N–C) groups is 1. The predicted octanol–water partition coefficient (Wildman–Crippen LogP) is 8.06. The van der Waals surface area contributed by atoms with E-state index in [1.807, 2.05) is 31.1 Å². The van der Waals surface area contributed by atoms with E-state index in [9.17, 15) is 9.59 Å². The number of fused-ring (bicyclic) bond motifs is 1. The van der Waals surface area contributed by atoms with Crippen LogP contribution in [0.1, 0.15) is 75.3 Å². The van der Waals surface area contributed by atoms with Gasteiger partial charge in [0.2, 0.25) is 0 Å². The summed E-state index contributed by atoms with van der Waals surface area (Å²) < 4.78 is 0. The molecule has 2 fully saturated rings. The predicted molar refractivity (Wildman–Crippen MR) is 175 cm³/mol. The molecule has 1 saturated carbocycles. The number of para-hydroxylation sites is 1. The third kappa shape index (κ3) is 6.73. The third-order valence-electron chi connectivity index (χ3n) is 8.68. The molecule has 0 radical (unpaired) electrons. The second kappa shape index (κ2) is 13.3. The molecule has 1 heterocycles. The first-order chi connectivity index (χ1) is 20.4. The Morgan fingerprint density at radius 1 is 1.12 bits per heavy atom. The summed E-state index contributed by atoms with van der Waals surface area (Å²) in [5, 5.41) is 0. The maximum atomic E-state index is 14.8. The normalized spacial score (nSPS) is 19.9. The Kier molecular flexibility index (Phi) is 9.36. The maximum Gasteiger partial charge on any atom is 0.258 e. The molecule has 1 unspecified atom stereocenters. The zero-order valence-electron chi connectivity index (χ0n) is 25.3. The summed E-state index contributed by atoms with van der Waals surface area (Å²) in [6, 6.07) is 16.9. The van der Waals surface area contributed by atoms with E-state index >= 15 is 0 Å². The molecule has 2 aliphatic carbocycles. The summed E-state index contributed by atoms with van der Waals surface area (Å²) in [6.07, 6.45) is 14.5. The van der Waals surface area contributed by atoms with Crippen LogP contribution in [-0.4, -0.2) is 39.0 Å². The van der Waals surface area contributed by atoms with Crippen LogP contribution in [0.5, 0.6) is 0 Å². The zero-order valence-corrected chi connectivity index (χ0v) is 25.3. The molecule has 0 spiro atoms. The molecule has 5 rings (SSSR count). The van der Waals surface area contributed by atoms with Crippen molar-refractivity contribution in [2.75, 3.05) is 30.4 Å². The van der Waals surface area contributed by atoms with Crippen molar-refractivity contribution in [3.05, 3.63) is 101 Å². The molecule has 0 N–H and O–H groups in total. The Labute approximate surface area is 251 Å². The molecular weight excluding hydrogens is 518 g/mol. The molecule has 2 aromatic carbocycles. The molecule has 0 bridgehead atoms. The lowest BCUT2D eigenvalue weighted by Gasteiger charge is -2.28. The lowest BCUT2D eigenvalue weighted by molar-refractivity contribution is -0.115. The molecule has 3 aliphatic rings. The molecule has 1 atom stereocenters. The largest absolute Gasteiger partial charge is 0.378 e. The summed E-state index contributed by atoms with van der Waals surface area (Å²) in [7, 11) is 4.07. The van der Waals surface area contributed by atoms with E-state index in [1.54, 1.807) is 12.3 Å². The monoisotopic (exact) mass is 561 g/mol. The molecule has 0 aromatic heterocycles. The van der Waals surface area contributed by atoms with Crippen LogP contribution in [0.4, 0.5) is 11.4 Å². The van der Waals surface area contributed by atoms with Crippen molar-refractivity contribution in [1.29, 1.82) is 0 Å². The van der Waals surface area contributed by atoms with Crippen molar-refractivity contribution in [3.8, 4) is 0 Å². The standard InChI is InChI=1S/C37H43N3O2/c1-26(12-9-21-38-2)11-7-13-29-24-32(41)25-30-15-10-22-40(34-18-6-5-17-33(34)27-19-20-27)37(42)36(30)35(29)28-14-8-16-31(23-28)39(3)4/h5-6,8-9,12,14,16-18,21,23,25,27,29H,2,7,10-11,13,15,19-20,22,24H2,1,3-4H3. The van der Waals surface area contributed by atoms with Gasteiger partial charge in [-0.25, -0.2) is 0 Å². The number of hydrogen-bond acceptors (Lipinski definition) is 4. The van der Waals surface area contributed by atoms with Crippen LogP contribution in [0.2, 0.25) is 0 Å². The number of benzene rings is 2. The summed E-state index contributed by atoms with van der Waals surface area (Å²) in [4.78, 5) is 36.1. The van der Waals surface area contributed by atoms with Crippen LogP contribution in [-0.2, 0) is 9.59 Å². The summed E-state index contributed by atoms with van der Waals surface area (Å²) >= 11 is 0. The topological polar surface area (TPSA) is 53.0 Å². The minimum atomic E-state index is -0.0422. The fraction of sp³-hybridized carbons (Fsp3) is 0.378. The van der Waals surface area contributed by atoms with Crippen LogP contribution in [0.3, 0.4) is 0 Å². The average Bonchev–Trinajstić information content (AvgIpc) is 3.84. The fourth-order valence-corrected chi connectivity index (χ4v) is 6.42. The van der Waals surface area contributed by atoms with Crippen molar-refractivity contribution >= 4 is 35.4 Å². The smallest absolute Gasteiger partial charge is 0.258 e. The first-order valence-corrected chi connectivity index (χ1v) is 15.3. The highest BCUT2D eigenvalue weighted by Crippen LogP contribution is 2.47. The minimum Gasteiger partial charge on any atom is -0.378 e. The van der Waals surface area contributed by atoms with Crippen molar-refractivity contribution in [1.82, 2.24) is 0 Å². The number of carbonyl (C=O) groups is 2. The van der Waals surface area contributed by atoms with Gasteiger partial charge in [-0.15, -0.1) is 0 Å². The SMILES string of the molecule is C=NC=CC=C(C)CCCC1CC(=O)C=C2CCCN(c3ccccc3C3CC3)C(=O)C2=C1c1cccc(N(C)C)c1. The number of nitrogens with zero attached hydrogens (tertiary/aromatic N) is 3. The van der Waals surface area contributed by atoms with Gasteiger partial charge >= 0.3 is 0 Å². The molecule has 42 heavy (non-hydrogen) atoms. The number of anilines is 2. The fourth-order valence-electron chi connectivity index (χ4n) is 6.42. The number of amides is 1. The van der Waals surface area contributed by atoms with E-state index in [0.29, 0.717) is 18.9 Å². The molecule has 2 aromatic rings. The lowest BCUT2D eigenvalue weighted by atomic mass is 9.81. The maximum absolute atomic E-state index is 14.8. The second-order valence-corrected chi connectivity index (χ2v) is 12.1.